The van der Waals surface area contributed by atoms with E-state index in [9.17, 15) is 5.11 Å². The average Bonchev–Trinajstić information content (AvgIpc) is 3.41. The van der Waals surface area contributed by atoms with E-state index >= 15 is 0 Å². The van der Waals surface area contributed by atoms with Crippen LogP contribution in [0.2, 0.25) is 5.02 Å². The van der Waals surface area contributed by atoms with Gasteiger partial charge in [0.05, 0.1) is 23.5 Å². The fourth-order valence-corrected chi connectivity index (χ4v) is 4.50. The van der Waals surface area contributed by atoms with Crippen LogP contribution in [0.3, 0.4) is 0 Å². The maximum absolute atomic E-state index is 10.6. The third-order valence-electron chi connectivity index (χ3n) is 5.41. The van der Waals surface area contributed by atoms with E-state index in [4.69, 9.17) is 23.8 Å². The maximum Gasteiger partial charge on any atom is 0.174 e. The van der Waals surface area contributed by atoms with Gasteiger partial charge in [0, 0.05) is 29.3 Å². The molecular formula is C24H19ClN4OS. The Morgan fingerprint density at radius 2 is 1.81 bits per heavy atom. The number of thiocarbonyl (C=S) groups is 1. The molecule has 0 spiro atoms. The van der Waals surface area contributed by atoms with E-state index in [1.54, 1.807) is 24.4 Å². The maximum atomic E-state index is 10.6. The smallest absolute Gasteiger partial charge is 0.174 e. The molecule has 154 valence electrons. The van der Waals surface area contributed by atoms with Crippen molar-refractivity contribution in [3.63, 3.8) is 0 Å². The number of nitrogens with one attached hydrogen (secondary N) is 1. The van der Waals surface area contributed by atoms with Gasteiger partial charge < -0.3 is 19.9 Å². The van der Waals surface area contributed by atoms with Gasteiger partial charge in [-0.25, -0.2) is 0 Å². The summed E-state index contributed by atoms with van der Waals surface area (Å²) in [7, 11) is 0. The summed E-state index contributed by atoms with van der Waals surface area (Å²) in [5.74, 6) is 0.114. The van der Waals surface area contributed by atoms with E-state index in [-0.39, 0.29) is 17.8 Å². The quantitative estimate of drug-likeness (QED) is 0.410. The lowest BCUT2D eigenvalue weighted by molar-refractivity contribution is 0.473. The minimum atomic E-state index is -0.225. The predicted molar refractivity (Wildman–Crippen MR) is 127 cm³/mol. The van der Waals surface area contributed by atoms with Crippen molar-refractivity contribution in [2.75, 3.05) is 4.90 Å². The highest BCUT2D eigenvalue weighted by atomic mass is 35.5. The molecule has 2 aromatic carbocycles. The molecule has 0 aliphatic carbocycles. The zero-order chi connectivity index (χ0) is 21.4. The van der Waals surface area contributed by atoms with Gasteiger partial charge in [0.1, 0.15) is 5.75 Å². The molecule has 1 saturated heterocycles. The first-order chi connectivity index (χ1) is 15.1. The molecule has 4 aromatic rings. The highest BCUT2D eigenvalue weighted by Gasteiger charge is 2.42. The highest BCUT2D eigenvalue weighted by molar-refractivity contribution is 7.80. The second kappa shape index (κ2) is 8.06. The lowest BCUT2D eigenvalue weighted by Gasteiger charge is -2.28. The summed E-state index contributed by atoms with van der Waals surface area (Å²) in [6.07, 6.45) is 5.88. The molecule has 0 unspecified atom stereocenters. The summed E-state index contributed by atoms with van der Waals surface area (Å²) >= 11 is 12.0. The molecule has 0 saturated carbocycles. The van der Waals surface area contributed by atoms with Crippen molar-refractivity contribution in [2.45, 2.75) is 12.1 Å². The summed E-state index contributed by atoms with van der Waals surface area (Å²) in [4.78, 5) is 6.48. The topological polar surface area (TPSA) is 53.3 Å². The number of para-hydroxylation sites is 1. The third-order valence-corrected chi connectivity index (χ3v) is 5.96. The van der Waals surface area contributed by atoms with Gasteiger partial charge in [-0.15, -0.1) is 0 Å². The van der Waals surface area contributed by atoms with Crippen LogP contribution in [0.25, 0.3) is 5.69 Å². The molecule has 0 radical (unpaired) electrons. The summed E-state index contributed by atoms with van der Waals surface area (Å²) < 4.78 is 2.07. The minimum Gasteiger partial charge on any atom is -0.506 e. The molecule has 2 atom stereocenters. The number of rotatable bonds is 4. The molecule has 1 fully saturated rings. The second-order valence-corrected chi connectivity index (χ2v) is 8.14. The fraction of sp³-hybridized carbons (Fsp3) is 0.0833. The molecule has 1 aliphatic rings. The van der Waals surface area contributed by atoms with E-state index in [0.29, 0.717) is 15.8 Å². The number of hydrogen-bond acceptors (Lipinski definition) is 3. The standard InChI is InChI=1S/C24H19ClN4OS/c25-17-9-10-21(30)20(14-17)29-23(22(27-24(29)31)19-8-4-5-12-26-19)16-11-13-28(15-16)18-6-2-1-3-7-18/h1-15,22-23,30H,(H,27,31)/t22-,23-/m1/s1. The van der Waals surface area contributed by atoms with Crippen LogP contribution < -0.4 is 10.2 Å². The molecular weight excluding hydrogens is 428 g/mol. The third kappa shape index (κ3) is 3.65. The molecule has 31 heavy (non-hydrogen) atoms. The number of benzene rings is 2. The lowest BCUT2D eigenvalue weighted by Crippen LogP contribution is -2.29. The van der Waals surface area contributed by atoms with E-state index in [0.717, 1.165) is 16.9 Å². The molecule has 1 aliphatic heterocycles. The highest BCUT2D eigenvalue weighted by Crippen LogP contribution is 2.45. The van der Waals surface area contributed by atoms with Gasteiger partial charge in [-0.2, -0.15) is 0 Å². The minimum absolute atomic E-state index is 0.114. The van der Waals surface area contributed by atoms with E-state index in [2.05, 4.69) is 39.3 Å². The van der Waals surface area contributed by atoms with Crippen LogP contribution in [0, 0.1) is 0 Å². The average molecular weight is 447 g/mol. The SMILES string of the molecule is Oc1ccc(Cl)cc1N1C(=S)N[C@H](c2ccccn2)[C@H]1c1ccn(-c2ccccc2)c1. The number of nitrogens with zero attached hydrogens (tertiary/aromatic N) is 3. The van der Waals surface area contributed by atoms with Crippen molar-refractivity contribution < 1.29 is 5.11 Å². The number of anilines is 1. The van der Waals surface area contributed by atoms with Gasteiger partial charge in [0.25, 0.3) is 0 Å². The van der Waals surface area contributed by atoms with Crippen LogP contribution in [0.1, 0.15) is 23.3 Å². The second-order valence-electron chi connectivity index (χ2n) is 7.32. The number of phenols is 1. The fourth-order valence-electron chi connectivity index (χ4n) is 3.99. The molecule has 2 N–H and O–H groups in total. The Labute approximate surface area is 190 Å². The van der Waals surface area contributed by atoms with Crippen molar-refractivity contribution >= 4 is 34.6 Å². The molecule has 5 nitrogen and oxygen atoms in total. The molecule has 2 aromatic heterocycles. The number of aromatic nitrogens is 2. The Bertz CT molecular complexity index is 1230. The largest absolute Gasteiger partial charge is 0.506 e. The number of pyridine rings is 1. The van der Waals surface area contributed by atoms with Crippen molar-refractivity contribution in [3.05, 3.63) is 108 Å². The number of halogens is 1. The first-order valence-corrected chi connectivity index (χ1v) is 10.6. The Balaban J connectivity index is 1.63. The normalized spacial score (nSPS) is 18.2. The summed E-state index contributed by atoms with van der Waals surface area (Å²) in [5.41, 5.74) is 3.52. The molecule has 5 rings (SSSR count). The van der Waals surface area contributed by atoms with Crippen LogP contribution in [0.4, 0.5) is 5.69 Å². The lowest BCUT2D eigenvalue weighted by atomic mass is 9.98. The summed E-state index contributed by atoms with van der Waals surface area (Å²) in [6.45, 7) is 0. The van der Waals surface area contributed by atoms with Gasteiger partial charge in [0.2, 0.25) is 0 Å². The summed E-state index contributed by atoms with van der Waals surface area (Å²) in [6, 6.07) is 22.6. The van der Waals surface area contributed by atoms with E-state index in [1.165, 1.54) is 0 Å². The predicted octanol–water partition coefficient (Wildman–Crippen LogP) is 5.41. The van der Waals surface area contributed by atoms with Crippen LogP contribution >= 0.6 is 23.8 Å². The zero-order valence-electron chi connectivity index (χ0n) is 16.4. The zero-order valence-corrected chi connectivity index (χ0v) is 18.0. The van der Waals surface area contributed by atoms with Gasteiger partial charge in [0.15, 0.2) is 5.11 Å². The van der Waals surface area contributed by atoms with Gasteiger partial charge >= 0.3 is 0 Å². The first kappa shape index (κ1) is 19.6. The number of phenolic OH excluding ortho intramolecular Hbond substituents is 1. The van der Waals surface area contributed by atoms with Gasteiger partial charge in [-0.05, 0) is 66.3 Å². The molecule has 0 amide bonds. The van der Waals surface area contributed by atoms with Crippen LogP contribution in [0.15, 0.2) is 91.4 Å². The Hall–Kier alpha value is -3.35. The van der Waals surface area contributed by atoms with Crippen LogP contribution in [0.5, 0.6) is 5.75 Å². The van der Waals surface area contributed by atoms with Crippen LogP contribution in [-0.2, 0) is 0 Å². The number of aromatic hydroxyl groups is 1. The first-order valence-electron chi connectivity index (χ1n) is 9.84. The Morgan fingerprint density at radius 1 is 1.00 bits per heavy atom. The summed E-state index contributed by atoms with van der Waals surface area (Å²) in [5, 5.41) is 15.0. The molecule has 0 bridgehead atoms. The Morgan fingerprint density at radius 3 is 2.58 bits per heavy atom. The number of hydrogen-bond donors (Lipinski definition) is 2. The Kier molecular flexibility index (Phi) is 5.10. The molecule has 3 heterocycles. The molecule has 7 heteroatoms. The van der Waals surface area contributed by atoms with Gasteiger partial charge in [-0.1, -0.05) is 35.9 Å². The van der Waals surface area contributed by atoms with E-state index in [1.807, 2.05) is 47.5 Å². The van der Waals surface area contributed by atoms with Crippen molar-refractivity contribution in [2.24, 2.45) is 0 Å². The van der Waals surface area contributed by atoms with Crippen molar-refractivity contribution in [3.8, 4) is 11.4 Å². The van der Waals surface area contributed by atoms with Crippen LogP contribution in [-0.4, -0.2) is 19.8 Å². The van der Waals surface area contributed by atoms with Gasteiger partial charge in [-0.3, -0.25) is 4.98 Å². The monoisotopic (exact) mass is 446 g/mol. The van der Waals surface area contributed by atoms with Crippen molar-refractivity contribution in [1.29, 1.82) is 0 Å². The van der Waals surface area contributed by atoms with Crippen molar-refractivity contribution in [1.82, 2.24) is 14.9 Å². The van der Waals surface area contributed by atoms with E-state index < -0.39 is 0 Å².